The van der Waals surface area contributed by atoms with Gasteiger partial charge in [0.2, 0.25) is 0 Å². The van der Waals surface area contributed by atoms with Gasteiger partial charge in [-0.2, -0.15) is 23.4 Å². The molecule has 0 spiro atoms. The van der Waals surface area contributed by atoms with E-state index in [1.807, 2.05) is 11.0 Å². The fourth-order valence-electron chi connectivity index (χ4n) is 3.63. The van der Waals surface area contributed by atoms with E-state index in [1.165, 1.54) is 5.56 Å². The maximum Gasteiger partial charge on any atom is 0.490 e. The van der Waals surface area contributed by atoms with Gasteiger partial charge in [0, 0.05) is 18.6 Å². The van der Waals surface area contributed by atoms with Gasteiger partial charge in [0.15, 0.2) is 0 Å². The molecule has 1 aromatic heterocycles. The number of amides is 1. The van der Waals surface area contributed by atoms with E-state index in [9.17, 15) is 18.0 Å². The molecule has 1 aliphatic rings. The molecule has 2 heterocycles. The molecule has 2 aromatic rings. The predicted octanol–water partition coefficient (Wildman–Crippen LogP) is 3.28. The smallest absolute Gasteiger partial charge is 0.475 e. The first kappa shape index (κ1) is 25.3. The summed E-state index contributed by atoms with van der Waals surface area (Å²) in [6.45, 7) is 5.19. The Hall–Kier alpha value is -3.01. The number of nitrogens with zero attached hydrogens (tertiary/aromatic N) is 4. The van der Waals surface area contributed by atoms with Gasteiger partial charge >= 0.3 is 12.1 Å². The van der Waals surface area contributed by atoms with Gasteiger partial charge in [-0.1, -0.05) is 30.3 Å². The quantitative estimate of drug-likeness (QED) is 0.749. The average molecular weight is 452 g/mol. The van der Waals surface area contributed by atoms with Gasteiger partial charge in [-0.25, -0.2) is 4.79 Å². The first-order valence-electron chi connectivity index (χ1n) is 10.2. The lowest BCUT2D eigenvalue weighted by atomic mass is 9.98. The molecule has 1 aromatic carbocycles. The van der Waals surface area contributed by atoms with Crippen molar-refractivity contribution >= 4 is 11.9 Å². The summed E-state index contributed by atoms with van der Waals surface area (Å²) in [6, 6.07) is 13.1. The number of aliphatic carboxylic acids is 1. The van der Waals surface area contributed by atoms with Crippen molar-refractivity contribution in [2.24, 2.45) is 0 Å². The molecule has 0 radical (unpaired) electrons. The third kappa shape index (κ3) is 6.74. The molecule has 1 fully saturated rings. The number of carboxylic acid groups (broad SMARTS) is 1. The van der Waals surface area contributed by atoms with Crippen LogP contribution >= 0.6 is 0 Å². The van der Waals surface area contributed by atoms with E-state index in [0.717, 1.165) is 19.4 Å². The number of rotatable bonds is 5. The normalized spacial score (nSPS) is 18.4. The van der Waals surface area contributed by atoms with Crippen LogP contribution in [0.15, 0.2) is 48.8 Å². The number of carbonyl (C=O) groups is 2. The predicted molar refractivity (Wildman–Crippen MR) is 112 cm³/mol. The molecule has 1 N–H and O–H groups in total. The first-order valence-corrected chi connectivity index (χ1v) is 10.2. The van der Waals surface area contributed by atoms with Crippen molar-refractivity contribution in [3.63, 3.8) is 0 Å². The fourth-order valence-corrected chi connectivity index (χ4v) is 3.63. The molecule has 3 rings (SSSR count). The number of halogens is 3. The van der Waals surface area contributed by atoms with E-state index in [4.69, 9.17) is 9.90 Å². The van der Waals surface area contributed by atoms with Crippen LogP contribution in [0.25, 0.3) is 0 Å². The van der Waals surface area contributed by atoms with E-state index in [1.54, 1.807) is 18.5 Å². The van der Waals surface area contributed by atoms with E-state index >= 15 is 0 Å². The number of aromatic nitrogens is 2. The fraction of sp³-hybridized carbons (Fsp3) is 0.455. The van der Waals surface area contributed by atoms with Gasteiger partial charge in [-0.05, 0) is 45.4 Å². The first-order chi connectivity index (χ1) is 15.0. The van der Waals surface area contributed by atoms with E-state index in [0.29, 0.717) is 17.6 Å². The molecule has 0 saturated carbocycles. The highest BCUT2D eigenvalue weighted by Crippen LogP contribution is 2.28. The van der Waals surface area contributed by atoms with E-state index in [-0.39, 0.29) is 11.9 Å². The summed E-state index contributed by atoms with van der Waals surface area (Å²) in [4.78, 5) is 26.3. The molecule has 10 heteroatoms. The molecule has 174 valence electrons. The van der Waals surface area contributed by atoms with Gasteiger partial charge in [0.1, 0.15) is 0 Å². The van der Waals surface area contributed by atoms with Crippen LogP contribution in [0.5, 0.6) is 0 Å². The zero-order chi connectivity index (χ0) is 23.9. The molecule has 1 saturated heterocycles. The SMILES string of the molecule is CC(C)N(C)[C@@H]1CCN(C(=O)c2ccnnc2)[C@H]1Cc1ccccc1.O=C(O)C(F)(F)F. The molecular weight excluding hydrogens is 425 g/mol. The molecule has 2 atom stereocenters. The van der Waals surface area contributed by atoms with Gasteiger partial charge in [-0.3, -0.25) is 9.69 Å². The van der Waals surface area contributed by atoms with Gasteiger partial charge in [0.05, 0.1) is 24.0 Å². The highest BCUT2D eigenvalue weighted by atomic mass is 19.4. The van der Waals surface area contributed by atoms with Crippen LogP contribution in [0.2, 0.25) is 0 Å². The molecule has 32 heavy (non-hydrogen) atoms. The summed E-state index contributed by atoms with van der Waals surface area (Å²) in [6.07, 6.45) is -0.0854. The molecule has 7 nitrogen and oxygen atoms in total. The van der Waals surface area contributed by atoms with Crippen molar-refractivity contribution in [2.75, 3.05) is 13.6 Å². The van der Waals surface area contributed by atoms with Crippen molar-refractivity contribution in [2.45, 2.75) is 51.0 Å². The summed E-state index contributed by atoms with van der Waals surface area (Å²) in [7, 11) is 2.16. The Bertz CT molecular complexity index is 879. The lowest BCUT2D eigenvalue weighted by molar-refractivity contribution is -0.192. The Kier molecular flexibility index (Phi) is 8.71. The molecule has 0 bridgehead atoms. The van der Waals surface area contributed by atoms with Gasteiger partial charge < -0.3 is 10.0 Å². The molecule has 0 unspecified atom stereocenters. The van der Waals surface area contributed by atoms with Crippen molar-refractivity contribution in [3.05, 3.63) is 59.9 Å². The number of likely N-dealkylation sites (tertiary alicyclic amines) is 1. The summed E-state index contributed by atoms with van der Waals surface area (Å²) < 4.78 is 31.7. The zero-order valence-corrected chi connectivity index (χ0v) is 18.2. The number of hydrogen-bond donors (Lipinski definition) is 1. The Morgan fingerprint density at radius 1 is 1.19 bits per heavy atom. The minimum Gasteiger partial charge on any atom is -0.475 e. The second-order valence-corrected chi connectivity index (χ2v) is 7.80. The van der Waals surface area contributed by atoms with Crippen LogP contribution < -0.4 is 0 Å². The third-order valence-corrected chi connectivity index (χ3v) is 5.47. The number of hydrogen-bond acceptors (Lipinski definition) is 5. The summed E-state index contributed by atoms with van der Waals surface area (Å²) >= 11 is 0. The Labute approximate surface area is 184 Å². The molecular formula is C22H27F3N4O3. The van der Waals surface area contributed by atoms with Crippen LogP contribution in [0, 0.1) is 0 Å². The van der Waals surface area contributed by atoms with Crippen molar-refractivity contribution in [1.29, 1.82) is 0 Å². The highest BCUT2D eigenvalue weighted by Gasteiger charge is 2.40. The summed E-state index contributed by atoms with van der Waals surface area (Å²) in [5, 5.41) is 14.8. The monoisotopic (exact) mass is 452 g/mol. The zero-order valence-electron chi connectivity index (χ0n) is 18.2. The standard InChI is InChI=1S/C20H26N4O.C2HF3O2/c1-15(2)23(3)18-10-12-24(20(25)17-9-11-21-22-14-17)19(18)13-16-7-5-4-6-8-16;3-2(4,5)1(6)7/h4-9,11,14-15,18-19H,10,12-13H2,1-3H3;(H,6,7)/t18-,19+;/m1./s1. The second kappa shape index (κ2) is 11.0. The van der Waals surface area contributed by atoms with Crippen LogP contribution in [-0.4, -0.2) is 74.9 Å². The maximum absolute atomic E-state index is 13.0. The van der Waals surface area contributed by atoms with Gasteiger partial charge in [-0.15, -0.1) is 0 Å². The average Bonchev–Trinajstić information content (AvgIpc) is 3.17. The second-order valence-electron chi connectivity index (χ2n) is 7.80. The molecule has 1 aliphatic heterocycles. The Morgan fingerprint density at radius 3 is 2.31 bits per heavy atom. The third-order valence-electron chi connectivity index (χ3n) is 5.47. The van der Waals surface area contributed by atoms with Crippen molar-refractivity contribution in [3.8, 4) is 0 Å². The van der Waals surface area contributed by atoms with Crippen LogP contribution in [0.4, 0.5) is 13.2 Å². The van der Waals surface area contributed by atoms with Crippen LogP contribution in [0.1, 0.15) is 36.2 Å². The van der Waals surface area contributed by atoms with Crippen molar-refractivity contribution in [1.82, 2.24) is 20.0 Å². The summed E-state index contributed by atoms with van der Waals surface area (Å²) in [5.41, 5.74) is 1.88. The molecule has 1 amide bonds. The number of benzene rings is 1. The largest absolute Gasteiger partial charge is 0.490 e. The van der Waals surface area contributed by atoms with Crippen molar-refractivity contribution < 1.29 is 27.9 Å². The number of alkyl halides is 3. The molecule has 0 aliphatic carbocycles. The summed E-state index contributed by atoms with van der Waals surface area (Å²) in [5.74, 6) is -2.71. The minimum absolute atomic E-state index is 0.0514. The lowest BCUT2D eigenvalue weighted by Gasteiger charge is -2.35. The topological polar surface area (TPSA) is 86.6 Å². The highest BCUT2D eigenvalue weighted by molar-refractivity contribution is 5.94. The van der Waals surface area contributed by atoms with Crippen LogP contribution in [-0.2, 0) is 11.2 Å². The Morgan fingerprint density at radius 2 is 1.81 bits per heavy atom. The maximum atomic E-state index is 13.0. The number of likely N-dealkylation sites (N-methyl/N-ethyl adjacent to an activating group) is 1. The number of carboxylic acids is 1. The lowest BCUT2D eigenvalue weighted by Crippen LogP contribution is -2.48. The van der Waals surface area contributed by atoms with E-state index < -0.39 is 12.1 Å². The van der Waals surface area contributed by atoms with Crippen LogP contribution in [0.3, 0.4) is 0 Å². The Balaban J connectivity index is 0.000000451. The minimum atomic E-state index is -5.08. The number of carbonyl (C=O) groups excluding carboxylic acids is 1. The van der Waals surface area contributed by atoms with Gasteiger partial charge in [0.25, 0.3) is 5.91 Å². The van der Waals surface area contributed by atoms with E-state index in [2.05, 4.69) is 60.3 Å².